The number of ether oxygens (including phenoxy) is 2. The molecule has 0 saturated heterocycles. The molecule has 1 aromatic carbocycles. The fourth-order valence-electron chi connectivity index (χ4n) is 1.47. The monoisotopic (exact) mass is 260 g/mol. The lowest BCUT2D eigenvalue weighted by Crippen LogP contribution is -2.09. The van der Waals surface area contributed by atoms with Gasteiger partial charge in [-0.1, -0.05) is 0 Å². The van der Waals surface area contributed by atoms with Crippen molar-refractivity contribution in [2.75, 3.05) is 13.2 Å². The Bertz CT molecular complexity index is 416. The van der Waals surface area contributed by atoms with Crippen LogP contribution in [-0.2, 0) is 11.2 Å². The van der Waals surface area contributed by atoms with E-state index in [0.717, 1.165) is 6.07 Å². The highest BCUT2D eigenvalue weighted by Crippen LogP contribution is 2.32. The van der Waals surface area contributed by atoms with Gasteiger partial charge in [-0.15, -0.1) is 0 Å². The number of hydrogen-bond acceptors (Lipinski definition) is 3. The molecule has 1 aromatic rings. The molecule has 0 heterocycles. The maximum absolute atomic E-state index is 13.8. The Morgan fingerprint density at radius 3 is 1.94 bits per heavy atom. The summed E-state index contributed by atoms with van der Waals surface area (Å²) in [5.74, 6) is -3.75. The van der Waals surface area contributed by atoms with Crippen molar-refractivity contribution in [3.05, 3.63) is 23.3 Å². The number of carbonyl (C=O) groups is 1. The third-order valence-corrected chi connectivity index (χ3v) is 2.15. The molecule has 0 aliphatic heterocycles. The number of hydrogen-bond donors (Lipinski definition) is 1. The van der Waals surface area contributed by atoms with Gasteiger partial charge in [-0.05, 0) is 13.8 Å². The average Bonchev–Trinajstić information content (AvgIpc) is 2.31. The molecule has 0 saturated carbocycles. The SMILES string of the molecule is CCOc1cc(OCC)c(F)c(CC(=O)O)c1F. The molecule has 0 aliphatic carbocycles. The van der Waals surface area contributed by atoms with E-state index in [2.05, 4.69) is 0 Å². The van der Waals surface area contributed by atoms with Crippen LogP contribution in [0.4, 0.5) is 8.78 Å². The second-order valence-electron chi connectivity index (χ2n) is 3.42. The van der Waals surface area contributed by atoms with Gasteiger partial charge in [0.25, 0.3) is 0 Å². The van der Waals surface area contributed by atoms with E-state index in [4.69, 9.17) is 14.6 Å². The summed E-state index contributed by atoms with van der Waals surface area (Å²) in [7, 11) is 0. The van der Waals surface area contributed by atoms with Gasteiger partial charge in [0.1, 0.15) is 0 Å². The van der Waals surface area contributed by atoms with Crippen LogP contribution in [-0.4, -0.2) is 24.3 Å². The fraction of sp³-hybridized carbons (Fsp3) is 0.417. The van der Waals surface area contributed by atoms with Crippen molar-refractivity contribution in [2.45, 2.75) is 20.3 Å². The zero-order valence-electron chi connectivity index (χ0n) is 10.1. The molecule has 0 amide bonds. The predicted molar refractivity (Wildman–Crippen MR) is 60.0 cm³/mol. The van der Waals surface area contributed by atoms with Gasteiger partial charge in [-0.3, -0.25) is 4.79 Å². The molecule has 6 heteroatoms. The first-order valence-electron chi connectivity index (χ1n) is 5.49. The lowest BCUT2D eigenvalue weighted by atomic mass is 10.1. The van der Waals surface area contributed by atoms with E-state index in [1.165, 1.54) is 0 Å². The summed E-state index contributed by atoms with van der Waals surface area (Å²) in [5, 5.41) is 8.64. The summed E-state index contributed by atoms with van der Waals surface area (Å²) in [6.45, 7) is 3.64. The maximum Gasteiger partial charge on any atom is 0.308 e. The number of carboxylic acid groups (broad SMARTS) is 1. The molecule has 0 aromatic heterocycles. The smallest absolute Gasteiger partial charge is 0.308 e. The fourth-order valence-corrected chi connectivity index (χ4v) is 1.47. The molecule has 0 radical (unpaired) electrons. The van der Waals surface area contributed by atoms with E-state index in [0.29, 0.717) is 0 Å². The minimum Gasteiger partial charge on any atom is -0.491 e. The van der Waals surface area contributed by atoms with Gasteiger partial charge in [0.2, 0.25) is 0 Å². The Kier molecular flexibility index (Phi) is 4.88. The quantitative estimate of drug-likeness (QED) is 0.853. The van der Waals surface area contributed by atoms with Crippen LogP contribution in [0.15, 0.2) is 6.07 Å². The predicted octanol–water partition coefficient (Wildman–Crippen LogP) is 2.39. The number of benzene rings is 1. The number of rotatable bonds is 6. The molecule has 0 aliphatic rings. The molecule has 0 atom stereocenters. The van der Waals surface area contributed by atoms with E-state index in [1.807, 2.05) is 0 Å². The summed E-state index contributed by atoms with van der Waals surface area (Å²) in [5.41, 5.74) is -0.558. The van der Waals surface area contributed by atoms with E-state index in [9.17, 15) is 13.6 Å². The van der Waals surface area contributed by atoms with Gasteiger partial charge in [-0.25, -0.2) is 8.78 Å². The van der Waals surface area contributed by atoms with E-state index in [1.54, 1.807) is 13.8 Å². The molecule has 4 nitrogen and oxygen atoms in total. The molecule has 0 fully saturated rings. The molecule has 0 unspecified atom stereocenters. The Hall–Kier alpha value is -1.85. The summed E-state index contributed by atoms with van der Waals surface area (Å²) in [6, 6.07) is 1.09. The number of halogens is 2. The summed E-state index contributed by atoms with van der Waals surface area (Å²) in [4.78, 5) is 10.6. The Morgan fingerprint density at radius 1 is 1.17 bits per heavy atom. The van der Waals surface area contributed by atoms with Gasteiger partial charge in [0.05, 0.1) is 19.6 Å². The van der Waals surface area contributed by atoms with Crippen molar-refractivity contribution in [1.82, 2.24) is 0 Å². The molecule has 100 valence electrons. The summed E-state index contributed by atoms with van der Waals surface area (Å²) < 4.78 is 37.6. The van der Waals surface area contributed by atoms with Crippen LogP contribution in [0, 0.1) is 11.6 Å². The minimum atomic E-state index is -1.33. The molecule has 18 heavy (non-hydrogen) atoms. The highest BCUT2D eigenvalue weighted by Gasteiger charge is 2.22. The first-order chi connectivity index (χ1) is 8.51. The Balaban J connectivity index is 3.30. The molecule has 1 rings (SSSR count). The third-order valence-electron chi connectivity index (χ3n) is 2.15. The minimum absolute atomic E-state index is 0.181. The van der Waals surface area contributed by atoms with Gasteiger partial charge in [0, 0.05) is 11.6 Å². The largest absolute Gasteiger partial charge is 0.491 e. The van der Waals surface area contributed by atoms with Crippen molar-refractivity contribution in [3.63, 3.8) is 0 Å². The van der Waals surface area contributed by atoms with Crippen molar-refractivity contribution in [2.24, 2.45) is 0 Å². The van der Waals surface area contributed by atoms with Crippen LogP contribution in [0.25, 0.3) is 0 Å². The van der Waals surface area contributed by atoms with Crippen LogP contribution >= 0.6 is 0 Å². The topological polar surface area (TPSA) is 55.8 Å². The molecular weight excluding hydrogens is 246 g/mol. The van der Waals surface area contributed by atoms with E-state index in [-0.39, 0.29) is 24.7 Å². The average molecular weight is 260 g/mol. The lowest BCUT2D eigenvalue weighted by Gasteiger charge is -2.13. The molecule has 0 spiro atoms. The highest BCUT2D eigenvalue weighted by molar-refractivity contribution is 5.71. The third kappa shape index (κ3) is 3.09. The van der Waals surface area contributed by atoms with Crippen molar-refractivity contribution in [3.8, 4) is 11.5 Å². The zero-order valence-corrected chi connectivity index (χ0v) is 10.1. The van der Waals surface area contributed by atoms with E-state index >= 15 is 0 Å². The second-order valence-corrected chi connectivity index (χ2v) is 3.42. The van der Waals surface area contributed by atoms with E-state index < -0.39 is 29.6 Å². The molecular formula is C12H14F2O4. The van der Waals surface area contributed by atoms with Crippen molar-refractivity contribution < 1.29 is 28.2 Å². The summed E-state index contributed by atoms with van der Waals surface area (Å²) in [6.07, 6.45) is -0.765. The van der Waals surface area contributed by atoms with Crippen molar-refractivity contribution >= 4 is 5.97 Å². The zero-order chi connectivity index (χ0) is 13.7. The summed E-state index contributed by atoms with van der Waals surface area (Å²) >= 11 is 0. The van der Waals surface area contributed by atoms with Crippen molar-refractivity contribution in [1.29, 1.82) is 0 Å². The van der Waals surface area contributed by atoms with Gasteiger partial charge < -0.3 is 14.6 Å². The number of aliphatic carboxylic acids is 1. The first kappa shape index (κ1) is 14.2. The van der Waals surface area contributed by atoms with Gasteiger partial charge >= 0.3 is 5.97 Å². The number of carboxylic acids is 1. The second kappa shape index (κ2) is 6.18. The van der Waals surface area contributed by atoms with Crippen LogP contribution in [0.1, 0.15) is 19.4 Å². The molecule has 0 bridgehead atoms. The molecule has 1 N–H and O–H groups in total. The van der Waals surface area contributed by atoms with Crippen LogP contribution < -0.4 is 9.47 Å². The van der Waals surface area contributed by atoms with Crippen LogP contribution in [0.2, 0.25) is 0 Å². The first-order valence-corrected chi connectivity index (χ1v) is 5.49. The standard InChI is InChI=1S/C12H14F2O4/c1-3-17-8-6-9(18-4-2)12(14)7(11(8)13)5-10(15)16/h6H,3-5H2,1-2H3,(H,15,16). The highest BCUT2D eigenvalue weighted by atomic mass is 19.1. The Labute approximate surface area is 103 Å². The Morgan fingerprint density at radius 2 is 1.61 bits per heavy atom. The normalized spacial score (nSPS) is 10.2. The van der Waals surface area contributed by atoms with Gasteiger partial charge in [-0.2, -0.15) is 0 Å². The van der Waals surface area contributed by atoms with Crippen LogP contribution in [0.5, 0.6) is 11.5 Å². The van der Waals surface area contributed by atoms with Gasteiger partial charge in [0.15, 0.2) is 23.1 Å². The maximum atomic E-state index is 13.8. The van der Waals surface area contributed by atoms with Crippen LogP contribution in [0.3, 0.4) is 0 Å². The lowest BCUT2D eigenvalue weighted by molar-refractivity contribution is -0.136.